The zero-order valence-electron chi connectivity index (χ0n) is 8.61. The maximum Gasteiger partial charge on any atom is 0.256 e. The number of rotatable bonds is 3. The van der Waals surface area contributed by atoms with Crippen LogP contribution in [0.25, 0.3) is 0 Å². The lowest BCUT2D eigenvalue weighted by Gasteiger charge is -2.17. The Hall–Kier alpha value is -1.46. The van der Waals surface area contributed by atoms with Crippen LogP contribution in [-0.4, -0.2) is 23.9 Å². The van der Waals surface area contributed by atoms with Gasteiger partial charge in [0.2, 0.25) is 0 Å². The van der Waals surface area contributed by atoms with Crippen molar-refractivity contribution < 1.29 is 4.79 Å². The molecule has 16 heavy (non-hydrogen) atoms. The molecule has 0 heterocycles. The molecule has 2 nitrogen and oxygen atoms in total. The Morgan fingerprint density at radius 1 is 1.25 bits per heavy atom. The number of benzene rings is 1. The molecule has 1 rings (SSSR count). The monoisotopic (exact) mass is 323 g/mol. The van der Waals surface area contributed by atoms with Crippen molar-refractivity contribution in [3.05, 3.63) is 33.4 Å². The molecule has 0 aliphatic rings. The summed E-state index contributed by atoms with van der Waals surface area (Å²) in [5, 5.41) is 0. The van der Waals surface area contributed by atoms with Gasteiger partial charge in [-0.3, -0.25) is 4.79 Å². The van der Waals surface area contributed by atoms with Gasteiger partial charge < -0.3 is 4.90 Å². The van der Waals surface area contributed by atoms with E-state index in [0.29, 0.717) is 5.56 Å². The van der Waals surface area contributed by atoms with Gasteiger partial charge in [-0.05, 0) is 34.7 Å². The zero-order chi connectivity index (χ0) is 12.0. The number of carbonyl (C=O) groups excluding carboxylic acids is 1. The van der Waals surface area contributed by atoms with Crippen molar-refractivity contribution in [2.45, 2.75) is 0 Å². The molecule has 80 valence electrons. The van der Waals surface area contributed by atoms with Crippen LogP contribution in [0.3, 0.4) is 0 Å². The van der Waals surface area contributed by atoms with Crippen molar-refractivity contribution >= 4 is 28.5 Å². The number of carbonyl (C=O) groups is 1. The third-order valence-electron chi connectivity index (χ3n) is 1.96. The molecule has 0 saturated heterocycles. The molecule has 1 amide bonds. The Labute approximate surface area is 109 Å². The van der Waals surface area contributed by atoms with E-state index < -0.39 is 0 Å². The van der Waals surface area contributed by atoms with E-state index in [1.54, 1.807) is 6.07 Å². The number of hydrogen-bond donors (Lipinski definition) is 0. The van der Waals surface area contributed by atoms with Gasteiger partial charge in [0.05, 0.1) is 18.7 Å². The summed E-state index contributed by atoms with van der Waals surface area (Å²) in [5.41, 5.74) is 0.633. The van der Waals surface area contributed by atoms with Gasteiger partial charge >= 0.3 is 0 Å². The standard InChI is InChI=1S/C13H10INO/c1-3-9-15(10-4-2)13(16)11-7-5-6-8-12(11)14/h1-2,5-8H,9-10H2. The second kappa shape index (κ2) is 6.19. The van der Waals surface area contributed by atoms with E-state index in [1.165, 1.54) is 4.90 Å². The fraction of sp³-hybridized carbons (Fsp3) is 0.154. The normalized spacial score (nSPS) is 8.94. The topological polar surface area (TPSA) is 20.3 Å². The van der Waals surface area contributed by atoms with Crippen molar-refractivity contribution in [2.75, 3.05) is 13.1 Å². The summed E-state index contributed by atoms with van der Waals surface area (Å²) in [6, 6.07) is 7.34. The lowest BCUT2D eigenvalue weighted by Crippen LogP contribution is -2.32. The van der Waals surface area contributed by atoms with Gasteiger partial charge in [0.15, 0.2) is 0 Å². The number of amides is 1. The summed E-state index contributed by atoms with van der Waals surface area (Å²) in [4.78, 5) is 13.5. The summed E-state index contributed by atoms with van der Waals surface area (Å²) in [7, 11) is 0. The van der Waals surface area contributed by atoms with Gasteiger partial charge in [-0.2, -0.15) is 0 Å². The predicted molar refractivity (Wildman–Crippen MR) is 72.7 cm³/mol. The Balaban J connectivity index is 2.96. The maximum absolute atomic E-state index is 12.1. The van der Waals surface area contributed by atoms with Gasteiger partial charge in [-0.1, -0.05) is 24.0 Å². The van der Waals surface area contributed by atoms with Crippen LogP contribution in [0.4, 0.5) is 0 Å². The van der Waals surface area contributed by atoms with Crippen LogP contribution in [0.5, 0.6) is 0 Å². The van der Waals surface area contributed by atoms with E-state index in [4.69, 9.17) is 12.8 Å². The van der Waals surface area contributed by atoms with Gasteiger partial charge in [0, 0.05) is 3.57 Å². The first-order chi connectivity index (χ1) is 7.70. The smallest absolute Gasteiger partial charge is 0.256 e. The molecule has 1 aromatic carbocycles. The van der Waals surface area contributed by atoms with Gasteiger partial charge in [0.25, 0.3) is 5.91 Å². The summed E-state index contributed by atoms with van der Waals surface area (Å²) in [6.45, 7) is 0.460. The predicted octanol–water partition coefficient (Wildman–Crippen LogP) is 2.00. The molecule has 0 aromatic heterocycles. The first-order valence-electron chi connectivity index (χ1n) is 4.61. The Bertz CT molecular complexity index is 452. The number of nitrogens with zero attached hydrogens (tertiary/aromatic N) is 1. The lowest BCUT2D eigenvalue weighted by molar-refractivity contribution is 0.0795. The summed E-state index contributed by atoms with van der Waals surface area (Å²) < 4.78 is 0.893. The molecule has 1 aromatic rings. The van der Waals surface area contributed by atoms with E-state index in [0.717, 1.165) is 3.57 Å². The van der Waals surface area contributed by atoms with Gasteiger partial charge in [0.1, 0.15) is 0 Å². The van der Waals surface area contributed by atoms with Crippen LogP contribution < -0.4 is 0 Å². The summed E-state index contributed by atoms with van der Waals surface area (Å²) in [5.74, 6) is 4.74. The minimum Gasteiger partial charge on any atom is -0.316 e. The van der Waals surface area contributed by atoms with Crippen LogP contribution in [0.15, 0.2) is 24.3 Å². The minimum atomic E-state index is -0.124. The van der Waals surface area contributed by atoms with Crippen LogP contribution >= 0.6 is 22.6 Å². The van der Waals surface area contributed by atoms with Crippen molar-refractivity contribution in [1.82, 2.24) is 4.90 Å². The third-order valence-corrected chi connectivity index (χ3v) is 2.90. The largest absolute Gasteiger partial charge is 0.316 e. The van der Waals surface area contributed by atoms with E-state index in [-0.39, 0.29) is 19.0 Å². The number of terminal acetylenes is 2. The Kier molecular flexibility index (Phi) is 4.88. The number of hydrogen-bond acceptors (Lipinski definition) is 1. The molecule has 0 saturated carbocycles. The van der Waals surface area contributed by atoms with E-state index in [9.17, 15) is 4.79 Å². The SMILES string of the molecule is C#CCN(CC#C)C(=O)c1ccccc1I. The highest BCUT2D eigenvalue weighted by atomic mass is 127. The highest BCUT2D eigenvalue weighted by molar-refractivity contribution is 14.1. The second-order valence-corrected chi connectivity index (χ2v) is 4.21. The number of halogens is 1. The zero-order valence-corrected chi connectivity index (χ0v) is 10.8. The second-order valence-electron chi connectivity index (χ2n) is 3.05. The third kappa shape index (κ3) is 3.01. The minimum absolute atomic E-state index is 0.124. The average molecular weight is 323 g/mol. The Morgan fingerprint density at radius 2 is 1.81 bits per heavy atom. The van der Waals surface area contributed by atoms with Gasteiger partial charge in [-0.15, -0.1) is 12.8 Å². The molecule has 0 aliphatic carbocycles. The molecular weight excluding hydrogens is 313 g/mol. The van der Waals surface area contributed by atoms with Crippen LogP contribution in [0.2, 0.25) is 0 Å². The van der Waals surface area contributed by atoms with Crippen LogP contribution in [0.1, 0.15) is 10.4 Å². The first-order valence-corrected chi connectivity index (χ1v) is 5.69. The molecule has 0 aliphatic heterocycles. The summed E-state index contributed by atoms with van der Waals surface area (Å²) in [6.07, 6.45) is 10.4. The van der Waals surface area contributed by atoms with Crippen molar-refractivity contribution in [3.8, 4) is 24.7 Å². The first kappa shape index (κ1) is 12.6. The van der Waals surface area contributed by atoms with Gasteiger partial charge in [-0.25, -0.2) is 0 Å². The highest BCUT2D eigenvalue weighted by Crippen LogP contribution is 2.13. The quantitative estimate of drug-likeness (QED) is 0.615. The molecule has 3 heteroatoms. The van der Waals surface area contributed by atoms with Crippen molar-refractivity contribution in [2.24, 2.45) is 0 Å². The lowest BCUT2D eigenvalue weighted by atomic mass is 10.2. The molecular formula is C13H10INO. The molecule has 0 N–H and O–H groups in total. The Morgan fingerprint density at radius 3 is 2.31 bits per heavy atom. The molecule has 0 spiro atoms. The highest BCUT2D eigenvalue weighted by Gasteiger charge is 2.15. The maximum atomic E-state index is 12.1. The molecule has 0 fully saturated rings. The molecule has 0 bridgehead atoms. The van der Waals surface area contributed by atoms with Crippen molar-refractivity contribution in [1.29, 1.82) is 0 Å². The van der Waals surface area contributed by atoms with Crippen LogP contribution in [0, 0.1) is 28.3 Å². The van der Waals surface area contributed by atoms with E-state index >= 15 is 0 Å². The van der Waals surface area contributed by atoms with Crippen molar-refractivity contribution in [3.63, 3.8) is 0 Å². The van der Waals surface area contributed by atoms with Crippen LogP contribution in [-0.2, 0) is 0 Å². The van der Waals surface area contributed by atoms with E-state index in [2.05, 4.69) is 34.4 Å². The molecule has 0 atom stereocenters. The summed E-state index contributed by atoms with van der Waals surface area (Å²) >= 11 is 2.11. The average Bonchev–Trinajstić information content (AvgIpc) is 2.28. The fourth-order valence-corrected chi connectivity index (χ4v) is 1.84. The molecule has 0 unspecified atom stereocenters. The van der Waals surface area contributed by atoms with E-state index in [1.807, 2.05) is 18.2 Å². The fourth-order valence-electron chi connectivity index (χ4n) is 1.22. The molecule has 0 radical (unpaired) electrons.